The minimum Gasteiger partial charge on any atom is -0.461 e. The second-order valence-electron chi connectivity index (χ2n) is 4.34. The van der Waals surface area contributed by atoms with E-state index in [2.05, 4.69) is 4.98 Å². The van der Waals surface area contributed by atoms with Crippen LogP contribution in [0.25, 0.3) is 0 Å². The molecular formula is C14H14Cl2N2O2S. The Balaban J connectivity index is 2.08. The van der Waals surface area contributed by atoms with Crippen LogP contribution in [0, 0.1) is 0 Å². The third kappa shape index (κ3) is 4.09. The zero-order valence-corrected chi connectivity index (χ0v) is 13.9. The molecule has 1 aromatic heterocycles. The number of esters is 1. The minimum atomic E-state index is -0.400. The Bertz CT molecular complexity index is 646. The zero-order valence-electron chi connectivity index (χ0n) is 11.6. The highest BCUT2D eigenvalue weighted by atomic mass is 35.5. The van der Waals surface area contributed by atoms with Crippen molar-refractivity contribution in [3.8, 4) is 0 Å². The molecule has 0 atom stereocenters. The average Bonchev–Trinajstić information content (AvgIpc) is 2.93. The Morgan fingerprint density at radius 3 is 2.81 bits per heavy atom. The van der Waals surface area contributed by atoms with Crippen LogP contribution in [0.3, 0.4) is 0 Å². The van der Waals surface area contributed by atoms with E-state index in [1.54, 1.807) is 18.4 Å². The topological polar surface area (TPSA) is 42.4 Å². The average molecular weight is 345 g/mol. The second-order valence-corrected chi connectivity index (χ2v) is 5.99. The monoisotopic (exact) mass is 344 g/mol. The summed E-state index contributed by atoms with van der Waals surface area (Å²) < 4.78 is 4.92. The molecule has 0 saturated heterocycles. The number of ether oxygens (including phenoxy) is 1. The number of anilines is 1. The quantitative estimate of drug-likeness (QED) is 0.760. The van der Waals surface area contributed by atoms with Gasteiger partial charge in [0.1, 0.15) is 0 Å². The van der Waals surface area contributed by atoms with Crippen molar-refractivity contribution < 1.29 is 9.53 Å². The van der Waals surface area contributed by atoms with Crippen LogP contribution in [-0.4, -0.2) is 24.6 Å². The van der Waals surface area contributed by atoms with Crippen LogP contribution in [0.2, 0.25) is 10.0 Å². The fourth-order valence-corrected chi connectivity index (χ4v) is 2.80. The van der Waals surface area contributed by atoms with Crippen molar-refractivity contribution in [2.75, 3.05) is 18.6 Å². The van der Waals surface area contributed by atoms with Gasteiger partial charge in [0.25, 0.3) is 0 Å². The van der Waals surface area contributed by atoms with Crippen molar-refractivity contribution in [3.63, 3.8) is 0 Å². The molecule has 7 heteroatoms. The standard InChI is InChI=1S/C14H14Cl2N2O2S/c1-3-20-13(19)12-8-21-14(17-12)18(2)7-9-4-5-10(15)11(16)6-9/h4-6,8H,3,7H2,1-2H3. The summed E-state index contributed by atoms with van der Waals surface area (Å²) in [5, 5.41) is 3.48. The van der Waals surface area contributed by atoms with E-state index in [9.17, 15) is 4.79 Å². The van der Waals surface area contributed by atoms with Gasteiger partial charge in [-0.1, -0.05) is 29.3 Å². The van der Waals surface area contributed by atoms with Crippen LogP contribution >= 0.6 is 34.5 Å². The van der Waals surface area contributed by atoms with E-state index in [-0.39, 0.29) is 0 Å². The Kier molecular flexibility index (Phi) is 5.45. The van der Waals surface area contributed by atoms with E-state index >= 15 is 0 Å². The Morgan fingerprint density at radius 1 is 1.38 bits per heavy atom. The molecule has 2 rings (SSSR count). The van der Waals surface area contributed by atoms with Crippen molar-refractivity contribution in [2.24, 2.45) is 0 Å². The number of rotatable bonds is 5. The number of thiazole rings is 1. The lowest BCUT2D eigenvalue weighted by Crippen LogP contribution is -2.16. The molecule has 112 valence electrons. The van der Waals surface area contributed by atoms with E-state index in [4.69, 9.17) is 27.9 Å². The molecule has 0 aliphatic carbocycles. The smallest absolute Gasteiger partial charge is 0.357 e. The van der Waals surface area contributed by atoms with Gasteiger partial charge in [0.05, 0.1) is 16.7 Å². The predicted octanol–water partition coefficient (Wildman–Crippen LogP) is 4.26. The predicted molar refractivity (Wildman–Crippen MR) is 86.6 cm³/mol. The Hall–Kier alpha value is -1.30. The highest BCUT2D eigenvalue weighted by Gasteiger charge is 2.14. The van der Waals surface area contributed by atoms with Gasteiger partial charge in [-0.2, -0.15) is 0 Å². The molecule has 0 N–H and O–H groups in total. The van der Waals surface area contributed by atoms with Crippen LogP contribution in [0.1, 0.15) is 23.0 Å². The molecule has 0 aliphatic heterocycles. The molecule has 0 saturated carbocycles. The number of nitrogens with zero attached hydrogens (tertiary/aromatic N) is 2. The van der Waals surface area contributed by atoms with Gasteiger partial charge in [-0.05, 0) is 24.6 Å². The van der Waals surface area contributed by atoms with Crippen LogP contribution in [0.15, 0.2) is 23.6 Å². The van der Waals surface area contributed by atoms with Gasteiger partial charge in [0.2, 0.25) is 0 Å². The van der Waals surface area contributed by atoms with Gasteiger partial charge in [0, 0.05) is 19.0 Å². The largest absolute Gasteiger partial charge is 0.461 e. The van der Waals surface area contributed by atoms with Crippen molar-refractivity contribution in [1.82, 2.24) is 4.98 Å². The SMILES string of the molecule is CCOC(=O)c1csc(N(C)Cc2ccc(Cl)c(Cl)c2)n1. The lowest BCUT2D eigenvalue weighted by molar-refractivity contribution is 0.0520. The number of halogens is 2. The van der Waals surface area contributed by atoms with Crippen LogP contribution in [0.4, 0.5) is 5.13 Å². The van der Waals surface area contributed by atoms with Crippen molar-refractivity contribution in [3.05, 3.63) is 44.9 Å². The summed E-state index contributed by atoms with van der Waals surface area (Å²) in [4.78, 5) is 17.8. The zero-order chi connectivity index (χ0) is 15.4. The number of aromatic nitrogens is 1. The summed E-state index contributed by atoms with van der Waals surface area (Å²) in [6, 6.07) is 5.49. The van der Waals surface area contributed by atoms with Gasteiger partial charge in [-0.15, -0.1) is 11.3 Å². The highest BCUT2D eigenvalue weighted by molar-refractivity contribution is 7.13. The molecule has 0 fully saturated rings. The maximum atomic E-state index is 11.6. The fraction of sp³-hybridized carbons (Fsp3) is 0.286. The van der Waals surface area contributed by atoms with Gasteiger partial charge in [-0.3, -0.25) is 0 Å². The van der Waals surface area contributed by atoms with E-state index in [0.717, 1.165) is 10.7 Å². The van der Waals surface area contributed by atoms with Crippen LogP contribution in [-0.2, 0) is 11.3 Å². The van der Waals surface area contributed by atoms with Crippen LogP contribution in [0.5, 0.6) is 0 Å². The van der Waals surface area contributed by atoms with E-state index in [0.29, 0.717) is 28.9 Å². The first kappa shape index (κ1) is 16.1. The lowest BCUT2D eigenvalue weighted by atomic mass is 10.2. The molecule has 1 aromatic carbocycles. The van der Waals surface area contributed by atoms with Gasteiger partial charge >= 0.3 is 5.97 Å². The number of carbonyl (C=O) groups excluding carboxylic acids is 1. The lowest BCUT2D eigenvalue weighted by Gasteiger charge is -2.16. The summed E-state index contributed by atoms with van der Waals surface area (Å²) in [6.45, 7) is 2.72. The summed E-state index contributed by atoms with van der Waals surface area (Å²) >= 11 is 13.3. The first-order valence-electron chi connectivity index (χ1n) is 6.29. The normalized spacial score (nSPS) is 10.5. The molecule has 0 bridgehead atoms. The first-order chi connectivity index (χ1) is 10.0. The highest BCUT2D eigenvalue weighted by Crippen LogP contribution is 2.25. The molecule has 21 heavy (non-hydrogen) atoms. The van der Waals surface area contributed by atoms with Crippen LogP contribution < -0.4 is 4.90 Å². The number of hydrogen-bond donors (Lipinski definition) is 0. The minimum absolute atomic E-state index is 0.331. The third-order valence-corrected chi connectivity index (χ3v) is 4.40. The summed E-state index contributed by atoms with van der Waals surface area (Å²) in [5.74, 6) is -0.400. The number of benzene rings is 1. The molecule has 1 heterocycles. The van der Waals surface area contributed by atoms with E-state index in [1.165, 1.54) is 11.3 Å². The van der Waals surface area contributed by atoms with Crippen molar-refractivity contribution in [2.45, 2.75) is 13.5 Å². The molecule has 0 amide bonds. The molecule has 0 unspecified atom stereocenters. The number of carbonyl (C=O) groups is 1. The Labute approximate surface area is 137 Å². The summed E-state index contributed by atoms with van der Waals surface area (Å²) in [6.07, 6.45) is 0. The third-order valence-electron chi connectivity index (χ3n) is 2.71. The molecule has 0 radical (unpaired) electrons. The molecule has 0 spiro atoms. The van der Waals surface area contributed by atoms with Gasteiger partial charge in [-0.25, -0.2) is 9.78 Å². The molecule has 0 aliphatic rings. The van der Waals surface area contributed by atoms with Gasteiger partial charge in [0.15, 0.2) is 10.8 Å². The van der Waals surface area contributed by atoms with E-state index < -0.39 is 5.97 Å². The summed E-state index contributed by atoms with van der Waals surface area (Å²) in [7, 11) is 1.90. The molecule has 4 nitrogen and oxygen atoms in total. The van der Waals surface area contributed by atoms with Crippen molar-refractivity contribution in [1.29, 1.82) is 0 Å². The van der Waals surface area contributed by atoms with Gasteiger partial charge < -0.3 is 9.64 Å². The molecule has 2 aromatic rings. The maximum Gasteiger partial charge on any atom is 0.357 e. The molecular weight excluding hydrogens is 331 g/mol. The summed E-state index contributed by atoms with van der Waals surface area (Å²) in [5.41, 5.74) is 1.35. The van der Waals surface area contributed by atoms with E-state index in [1.807, 2.05) is 24.1 Å². The fourth-order valence-electron chi connectivity index (χ4n) is 1.72. The first-order valence-corrected chi connectivity index (χ1v) is 7.92. The Morgan fingerprint density at radius 2 is 2.14 bits per heavy atom. The second kappa shape index (κ2) is 7.11. The maximum absolute atomic E-state index is 11.6. The van der Waals surface area contributed by atoms with Crippen molar-refractivity contribution >= 4 is 45.6 Å². The number of hydrogen-bond acceptors (Lipinski definition) is 5.